The Bertz CT molecular complexity index is 5770. The van der Waals surface area contributed by atoms with E-state index in [0.29, 0.717) is 49.7 Å². The molecule has 4 aromatic heterocycles. The minimum Gasteiger partial charge on any atom is -0.506 e. The van der Waals surface area contributed by atoms with Crippen molar-refractivity contribution in [2.75, 3.05) is 6.61 Å². The summed E-state index contributed by atoms with van der Waals surface area (Å²) in [5.74, 6) is 0.193. The number of carbonyl (C=O) groups excluding carboxylic acids is 2. The highest BCUT2D eigenvalue weighted by Gasteiger charge is 2.55. The van der Waals surface area contributed by atoms with Gasteiger partial charge >= 0.3 is 0 Å². The van der Waals surface area contributed by atoms with Crippen LogP contribution in [0.1, 0.15) is 290 Å². The molecule has 0 atom stereocenters. The number of benzene rings is 7. The molecule has 4 heterocycles. The Balaban J connectivity index is 1.05. The number of ether oxygens (including phenoxy) is 1. The van der Waals surface area contributed by atoms with Gasteiger partial charge < -0.3 is 9.84 Å². The van der Waals surface area contributed by atoms with Crippen LogP contribution in [0, 0.1) is 42.7 Å². The Hall–Kier alpha value is -9.41. The first-order valence-electron chi connectivity index (χ1n) is 42.5. The minimum absolute atomic E-state index is 0.154. The van der Waals surface area contributed by atoms with Gasteiger partial charge in [0.05, 0.1) is 81.7 Å². The predicted molar refractivity (Wildman–Crippen MR) is 495 cm³/mol. The fraction of sp³-hybridized carbons (Fsp3) is 0.340. The van der Waals surface area contributed by atoms with Crippen molar-refractivity contribution in [3.05, 3.63) is 298 Å². The molecule has 1 N–H and O–H groups in total. The number of thiophene rings is 4. The smallest absolute Gasteiger partial charge is 0.270 e. The van der Waals surface area contributed by atoms with Gasteiger partial charge in [-0.05, 0) is 180 Å². The number of nitrogens with zero attached hydrogens (tertiary/aromatic N) is 4. The summed E-state index contributed by atoms with van der Waals surface area (Å²) in [6.45, 7) is 30.2. The van der Waals surface area contributed by atoms with Gasteiger partial charge in [0, 0.05) is 70.1 Å². The average molecular weight is 1690 g/mol. The first kappa shape index (κ1) is 83.6. The highest BCUT2D eigenvalue weighted by Crippen LogP contribution is 2.71. The van der Waals surface area contributed by atoms with Crippen LogP contribution >= 0.6 is 80.1 Å². The van der Waals surface area contributed by atoms with Crippen LogP contribution in [0.4, 0.5) is 0 Å². The minimum atomic E-state index is -1.09. The van der Waals surface area contributed by atoms with Crippen molar-refractivity contribution < 1.29 is 19.4 Å². The van der Waals surface area contributed by atoms with E-state index in [1.807, 2.05) is 25.1 Å². The van der Waals surface area contributed by atoms with Crippen LogP contribution < -0.4 is 4.74 Å². The fourth-order valence-corrected chi connectivity index (χ4v) is 24.4. The lowest BCUT2D eigenvalue weighted by Crippen LogP contribution is -2.29. The van der Waals surface area contributed by atoms with Crippen LogP contribution in [0.2, 0.25) is 15.1 Å². The molecule has 15 heteroatoms. The molecule has 0 radical (unpaired) electrons. The maximum absolute atomic E-state index is 15.2. The number of phenolic OH excluding ortho intramolecular Hbond substituents is 1. The van der Waals surface area contributed by atoms with E-state index in [2.05, 4.69) is 166 Å². The van der Waals surface area contributed by atoms with Crippen LogP contribution in [0.15, 0.2) is 156 Å². The summed E-state index contributed by atoms with van der Waals surface area (Å²) < 4.78 is 9.36. The standard InChI is InChI=1S/C103H97Cl3N4O4S4/c1-9-14-19-24-25-30-51-114-95-89-91-101(97-80(56-72(116-97)54-78-87(85(61-108)110-8)74-57-82(105)83(106)59-76(74)93(78)112)103(91,69-47-39-65(40-48-69)33-28-22-17-12-4)70-49-41-66(42-50-70)34-29-23-18-13-5)117-98(89)94(113)88-90-100(118-99(88)95)96-79(55-71(115-96)53-77-86(84(60-107)109-7)73-52-62(6)81(104)58-75(73)92(77)111)102(90,67-43-35-63(36-44-67)31-26-20-15-10-2)68-45-37-64(38-46-68)32-27-21-16-11-3/h35-50,52-59,113H,9-34,51H2,1-6H3/b77-53-,78-54-,86-84-,87-85+. The number of Topliss-reactive ketones (excluding diaryl/α,β-unsaturated/α-hetero) is 2. The number of fused-ring (bicyclic) bond motifs is 12. The Kier molecular flexibility index (Phi) is 26.0. The van der Waals surface area contributed by atoms with E-state index in [0.717, 1.165) is 231 Å². The van der Waals surface area contributed by atoms with Crippen LogP contribution in [-0.4, -0.2) is 23.3 Å². The van der Waals surface area contributed by atoms with E-state index < -0.39 is 10.8 Å². The third kappa shape index (κ3) is 15.2. The Morgan fingerprint density at radius 2 is 0.788 bits per heavy atom. The SMILES string of the molecule is [C-]#[N+]/C(C#N)=C1\C(=C\c2cc3c(s2)-c2sc4c(OCCCCCCCC)c5c6c(sc5c(O)c4c2C3(c2ccc(CCCCCC)cc2)c2ccc(CCCCCC)cc2)-c2sc(/C=C3\C(=O)c4cc(Cl)c(Cl)cc4\C3=C(\C#N)[N+]#[C-])cc2C6(c2ccc(CCCCCC)cc2)c2ccc(CCCCCC)cc2)C(=O)c2cc(Cl)c(C)cc21. The third-order valence-corrected chi connectivity index (χ3v) is 30.6. The van der Waals surface area contributed by atoms with Gasteiger partial charge in [0.25, 0.3) is 11.4 Å². The molecule has 598 valence electrons. The number of phenols is 1. The zero-order valence-corrected chi connectivity index (χ0v) is 73.7. The Morgan fingerprint density at radius 1 is 0.441 bits per heavy atom. The predicted octanol–water partition coefficient (Wildman–Crippen LogP) is 31.0. The lowest BCUT2D eigenvalue weighted by atomic mass is 9.66. The van der Waals surface area contributed by atoms with Gasteiger partial charge in [-0.15, -0.1) is 45.3 Å². The molecule has 0 amide bonds. The molecule has 8 nitrogen and oxygen atoms in total. The van der Waals surface area contributed by atoms with E-state index in [1.54, 1.807) is 57.5 Å². The highest BCUT2D eigenvalue weighted by molar-refractivity contribution is 7.29. The van der Waals surface area contributed by atoms with E-state index >= 15 is 9.59 Å². The Morgan fingerprint density at radius 3 is 1.18 bits per heavy atom. The van der Waals surface area contributed by atoms with E-state index in [1.165, 1.54) is 54.0 Å². The molecule has 4 aliphatic rings. The van der Waals surface area contributed by atoms with Crippen molar-refractivity contribution in [1.82, 2.24) is 0 Å². The van der Waals surface area contributed by atoms with Crippen molar-refractivity contribution >= 4 is 135 Å². The summed E-state index contributed by atoms with van der Waals surface area (Å²) in [7, 11) is 0. The summed E-state index contributed by atoms with van der Waals surface area (Å²) in [6.07, 6.45) is 31.8. The number of nitriles is 2. The first-order chi connectivity index (χ1) is 57.6. The van der Waals surface area contributed by atoms with Crippen LogP contribution in [0.3, 0.4) is 0 Å². The second-order valence-corrected chi connectivity index (χ2v) is 37.7. The van der Waals surface area contributed by atoms with Crippen LogP contribution in [0.25, 0.3) is 72.7 Å². The topological polar surface area (TPSA) is 120 Å². The molecular weight excluding hydrogens is 1590 g/mol. The van der Waals surface area contributed by atoms with Gasteiger partial charge in [0.15, 0.2) is 11.6 Å². The number of halogens is 3. The first-order valence-corrected chi connectivity index (χ1v) is 46.9. The average Bonchev–Trinajstić information content (AvgIpc) is 1.49. The van der Waals surface area contributed by atoms with Gasteiger partial charge in [-0.3, -0.25) is 9.59 Å². The summed E-state index contributed by atoms with van der Waals surface area (Å²) in [5, 5.41) is 38.5. The monoisotopic (exact) mass is 1690 g/mol. The molecule has 11 aromatic rings. The number of allylic oxidation sites excluding steroid dienone is 6. The van der Waals surface area contributed by atoms with E-state index in [9.17, 15) is 15.6 Å². The van der Waals surface area contributed by atoms with Crippen molar-refractivity contribution in [3.63, 3.8) is 0 Å². The lowest BCUT2D eigenvalue weighted by molar-refractivity contribution is 0.103. The second-order valence-electron chi connectivity index (χ2n) is 32.3. The molecular formula is C103H97Cl3N4O4S4. The second kappa shape index (κ2) is 36.7. The van der Waals surface area contributed by atoms with E-state index in [-0.39, 0.29) is 61.0 Å². The number of ketones is 2. The van der Waals surface area contributed by atoms with Gasteiger partial charge in [0.2, 0.25) is 0 Å². The van der Waals surface area contributed by atoms with E-state index in [4.69, 9.17) is 52.7 Å². The zero-order valence-electron chi connectivity index (χ0n) is 68.2. The molecule has 15 rings (SSSR count). The quantitative estimate of drug-likeness (QED) is 0.0186. The summed E-state index contributed by atoms with van der Waals surface area (Å²) >= 11 is 26.6. The number of hydrogen-bond acceptors (Lipinski definition) is 10. The number of unbranched alkanes of at least 4 members (excludes halogenated alkanes) is 17. The number of rotatable bonds is 34. The maximum Gasteiger partial charge on any atom is 0.270 e. The largest absolute Gasteiger partial charge is 0.506 e. The molecule has 0 aliphatic heterocycles. The normalized spacial score (nSPS) is 15.5. The fourth-order valence-electron chi connectivity index (χ4n) is 18.6. The zero-order chi connectivity index (χ0) is 82.5. The van der Waals surface area contributed by atoms with Crippen molar-refractivity contribution in [3.8, 4) is 43.1 Å². The highest BCUT2D eigenvalue weighted by atomic mass is 35.5. The van der Waals surface area contributed by atoms with Crippen LogP contribution in [-0.2, 0) is 36.5 Å². The molecule has 4 aliphatic carbocycles. The summed E-state index contributed by atoms with van der Waals surface area (Å²) in [5.41, 5.74) is 13.7. The number of hydrogen-bond donors (Lipinski definition) is 1. The molecule has 0 spiro atoms. The molecule has 118 heavy (non-hydrogen) atoms. The van der Waals surface area contributed by atoms with Crippen LogP contribution in [0.5, 0.6) is 11.5 Å². The van der Waals surface area contributed by atoms with Gasteiger partial charge in [-0.2, -0.15) is 0 Å². The summed E-state index contributed by atoms with van der Waals surface area (Å²) in [6, 6.07) is 52.3. The molecule has 0 fully saturated rings. The lowest BCUT2D eigenvalue weighted by Gasteiger charge is -2.34. The van der Waals surface area contributed by atoms with Gasteiger partial charge in [-0.1, -0.05) is 282 Å². The molecule has 0 saturated heterocycles. The molecule has 0 unspecified atom stereocenters. The number of aromatic hydroxyl groups is 1. The number of carbonyl (C=O) groups is 2. The Labute approximate surface area is 726 Å². The van der Waals surface area contributed by atoms with Crippen molar-refractivity contribution in [2.24, 2.45) is 0 Å². The maximum atomic E-state index is 15.2. The van der Waals surface area contributed by atoms with Crippen molar-refractivity contribution in [1.29, 1.82) is 10.5 Å². The van der Waals surface area contributed by atoms with Gasteiger partial charge in [0.1, 0.15) is 11.5 Å². The van der Waals surface area contributed by atoms with Crippen molar-refractivity contribution in [2.45, 2.75) is 219 Å². The molecule has 0 bridgehead atoms. The number of aryl methyl sites for hydroxylation is 5. The molecule has 7 aromatic carbocycles. The summed E-state index contributed by atoms with van der Waals surface area (Å²) in [4.78, 5) is 43.2. The molecule has 0 saturated carbocycles. The van der Waals surface area contributed by atoms with Gasteiger partial charge in [-0.25, -0.2) is 20.2 Å². The third-order valence-electron chi connectivity index (χ3n) is 24.6.